The van der Waals surface area contributed by atoms with Crippen molar-refractivity contribution in [2.24, 2.45) is 10.9 Å². The third kappa shape index (κ3) is 3.09. The van der Waals surface area contributed by atoms with E-state index >= 15 is 0 Å². The summed E-state index contributed by atoms with van der Waals surface area (Å²) in [5.41, 5.74) is 3.19. The first-order chi connectivity index (χ1) is 14.5. The molecule has 1 aliphatic carbocycles. The van der Waals surface area contributed by atoms with Crippen LogP contribution in [0.1, 0.15) is 35.0 Å². The fraction of sp³-hybridized carbons (Fsp3) is 0.381. The van der Waals surface area contributed by atoms with Crippen molar-refractivity contribution in [3.8, 4) is 0 Å². The lowest BCUT2D eigenvalue weighted by Crippen LogP contribution is -2.35. The normalized spacial score (nSPS) is 17.1. The molecule has 0 aromatic carbocycles. The second kappa shape index (κ2) is 7.32. The van der Waals surface area contributed by atoms with Crippen LogP contribution < -0.4 is 10.9 Å². The zero-order valence-corrected chi connectivity index (χ0v) is 17.7. The number of pyridine rings is 1. The molecule has 2 aliphatic rings. The summed E-state index contributed by atoms with van der Waals surface area (Å²) >= 11 is 1.62. The van der Waals surface area contributed by atoms with Crippen LogP contribution in [0.4, 0.5) is 11.5 Å². The van der Waals surface area contributed by atoms with Crippen LogP contribution in [0.25, 0.3) is 10.2 Å². The number of hydrogen-bond acceptors (Lipinski definition) is 7. The fourth-order valence-corrected chi connectivity index (χ4v) is 5.44. The average molecular weight is 423 g/mol. The molecule has 0 radical (unpaired) electrons. The van der Waals surface area contributed by atoms with Crippen molar-refractivity contribution in [3.05, 3.63) is 44.4 Å². The van der Waals surface area contributed by atoms with Crippen LogP contribution >= 0.6 is 11.3 Å². The smallest absolute Gasteiger partial charge is 0.271 e. The third-order valence-electron chi connectivity index (χ3n) is 5.94. The van der Waals surface area contributed by atoms with Crippen molar-refractivity contribution < 1.29 is 4.79 Å². The summed E-state index contributed by atoms with van der Waals surface area (Å²) in [6.45, 7) is 3.22. The minimum atomic E-state index is -0.191. The summed E-state index contributed by atoms with van der Waals surface area (Å²) in [5.74, 6) is 0.850. The second-order valence-electron chi connectivity index (χ2n) is 7.74. The fourth-order valence-electron chi connectivity index (χ4n) is 4.17. The highest BCUT2D eigenvalue weighted by atomic mass is 32.1. The number of anilines is 2. The molecule has 0 saturated carbocycles. The van der Waals surface area contributed by atoms with Crippen molar-refractivity contribution in [2.75, 3.05) is 18.9 Å². The number of carbonyl (C=O) groups excluding carboxylic acids is 1. The Morgan fingerprint density at radius 1 is 1.40 bits per heavy atom. The molecule has 0 saturated heterocycles. The van der Waals surface area contributed by atoms with Gasteiger partial charge in [0.25, 0.3) is 5.56 Å². The minimum Gasteiger partial charge on any atom is -0.346 e. The van der Waals surface area contributed by atoms with Crippen molar-refractivity contribution >= 4 is 45.2 Å². The van der Waals surface area contributed by atoms with Crippen molar-refractivity contribution in [3.63, 3.8) is 0 Å². The van der Waals surface area contributed by atoms with Gasteiger partial charge in [-0.1, -0.05) is 0 Å². The highest BCUT2D eigenvalue weighted by molar-refractivity contribution is 7.19. The van der Waals surface area contributed by atoms with Crippen LogP contribution in [-0.2, 0) is 24.2 Å². The number of nitrogens with one attached hydrogen (secondary N) is 2. The monoisotopic (exact) mass is 422 g/mol. The van der Waals surface area contributed by atoms with Gasteiger partial charge in [0, 0.05) is 41.9 Å². The molecule has 0 bridgehead atoms. The van der Waals surface area contributed by atoms with Gasteiger partial charge in [0.2, 0.25) is 5.91 Å². The topological polar surface area (TPSA) is 103 Å². The third-order valence-corrected chi connectivity index (χ3v) is 7.10. The first-order valence-electron chi connectivity index (χ1n) is 10.1. The first-order valence-corrected chi connectivity index (χ1v) is 10.9. The van der Waals surface area contributed by atoms with Gasteiger partial charge in [-0.3, -0.25) is 14.6 Å². The average Bonchev–Trinajstić information content (AvgIpc) is 3.36. The SMILES string of the molecule is CCN(C)C(=O)[C@H]1CCc2c(sc3ncnc(Nc4cc5c([nH]c4=O)CN=C5)c23)C1. The maximum Gasteiger partial charge on any atom is 0.271 e. The number of nitrogens with zero attached hydrogens (tertiary/aromatic N) is 4. The lowest BCUT2D eigenvalue weighted by molar-refractivity contribution is -0.134. The van der Waals surface area contributed by atoms with E-state index in [0.717, 1.165) is 40.7 Å². The molecule has 1 aliphatic heterocycles. The number of aromatic nitrogens is 3. The molecule has 1 atom stereocenters. The number of hydrogen-bond donors (Lipinski definition) is 2. The lowest BCUT2D eigenvalue weighted by atomic mass is 9.87. The van der Waals surface area contributed by atoms with Crippen molar-refractivity contribution in [2.45, 2.75) is 32.7 Å². The number of H-pyrrole nitrogens is 1. The number of thiophene rings is 1. The molecule has 3 aromatic heterocycles. The van der Waals surface area contributed by atoms with Gasteiger partial charge in [-0.25, -0.2) is 9.97 Å². The molecule has 0 unspecified atom stereocenters. The van der Waals surface area contributed by atoms with E-state index in [2.05, 4.69) is 25.3 Å². The number of fused-ring (bicyclic) bond motifs is 4. The molecule has 5 rings (SSSR count). The second-order valence-corrected chi connectivity index (χ2v) is 8.82. The van der Waals surface area contributed by atoms with Gasteiger partial charge in [-0.15, -0.1) is 11.3 Å². The van der Waals surface area contributed by atoms with Crippen LogP contribution in [0, 0.1) is 5.92 Å². The predicted octanol–water partition coefficient (Wildman–Crippen LogP) is 2.64. The first kappa shape index (κ1) is 18.9. The number of aryl methyl sites for hydroxylation is 1. The van der Waals surface area contributed by atoms with E-state index in [4.69, 9.17) is 0 Å². The number of rotatable bonds is 4. The Kier molecular flexibility index (Phi) is 4.62. The van der Waals surface area contributed by atoms with Crippen LogP contribution in [0.3, 0.4) is 0 Å². The summed E-state index contributed by atoms with van der Waals surface area (Å²) in [6, 6.07) is 1.81. The van der Waals surface area contributed by atoms with Gasteiger partial charge >= 0.3 is 0 Å². The Bertz CT molecular complexity index is 1240. The predicted molar refractivity (Wildman–Crippen MR) is 118 cm³/mol. The number of amides is 1. The van der Waals surface area contributed by atoms with Gasteiger partial charge in [0.1, 0.15) is 22.7 Å². The van der Waals surface area contributed by atoms with Gasteiger partial charge < -0.3 is 15.2 Å². The highest BCUT2D eigenvalue weighted by Crippen LogP contribution is 2.40. The highest BCUT2D eigenvalue weighted by Gasteiger charge is 2.30. The maximum atomic E-state index is 12.6. The molecule has 0 spiro atoms. The standard InChI is InChI=1S/C21H22N6O2S/c1-3-27(2)21(29)11-4-5-13-16(7-11)30-20-17(13)18(23-10-24-20)25-14-6-12-8-22-9-15(12)26-19(14)28/h6,8,10-11H,3-5,7,9H2,1-2H3,(H,26,28)(H,23,24,25)/t11-/m0/s1. The molecule has 154 valence electrons. The minimum absolute atomic E-state index is 0.0127. The van der Waals surface area contributed by atoms with Crippen molar-refractivity contribution in [1.29, 1.82) is 0 Å². The zero-order chi connectivity index (χ0) is 20.8. The summed E-state index contributed by atoms with van der Waals surface area (Å²) in [5, 5.41) is 4.18. The molecule has 1 amide bonds. The Morgan fingerprint density at radius 3 is 3.10 bits per heavy atom. The lowest BCUT2D eigenvalue weighted by Gasteiger charge is -2.26. The summed E-state index contributed by atoms with van der Waals surface area (Å²) in [6.07, 6.45) is 5.63. The van der Waals surface area contributed by atoms with Gasteiger partial charge in [0.15, 0.2) is 0 Å². The van der Waals surface area contributed by atoms with E-state index in [1.807, 2.05) is 20.0 Å². The Morgan fingerprint density at radius 2 is 2.27 bits per heavy atom. The van der Waals surface area contributed by atoms with Gasteiger partial charge in [-0.05, 0) is 37.8 Å². The molecule has 0 fully saturated rings. The summed E-state index contributed by atoms with van der Waals surface area (Å²) in [4.78, 5) is 45.0. The van der Waals surface area contributed by atoms with Crippen LogP contribution in [0.15, 0.2) is 22.2 Å². The Hall–Kier alpha value is -3.07. The van der Waals surface area contributed by atoms with E-state index in [0.29, 0.717) is 24.6 Å². The molecule has 2 N–H and O–H groups in total. The van der Waals surface area contributed by atoms with E-state index < -0.39 is 0 Å². The van der Waals surface area contributed by atoms with E-state index in [-0.39, 0.29) is 17.4 Å². The molecule has 9 heteroatoms. The number of aromatic amines is 1. The summed E-state index contributed by atoms with van der Waals surface area (Å²) in [7, 11) is 1.86. The van der Waals surface area contributed by atoms with Crippen LogP contribution in [-0.4, -0.2) is 45.6 Å². The number of aliphatic imine (C=N–C) groups is 1. The van der Waals surface area contributed by atoms with E-state index in [1.165, 1.54) is 16.8 Å². The molecule has 4 heterocycles. The summed E-state index contributed by atoms with van der Waals surface area (Å²) < 4.78 is 0. The van der Waals surface area contributed by atoms with E-state index in [9.17, 15) is 9.59 Å². The Balaban J connectivity index is 1.50. The van der Waals surface area contributed by atoms with Gasteiger partial charge in [0.05, 0.1) is 11.9 Å². The largest absolute Gasteiger partial charge is 0.346 e. The zero-order valence-electron chi connectivity index (χ0n) is 16.9. The quantitative estimate of drug-likeness (QED) is 0.673. The number of carbonyl (C=O) groups is 1. The molecule has 8 nitrogen and oxygen atoms in total. The van der Waals surface area contributed by atoms with Crippen molar-refractivity contribution in [1.82, 2.24) is 19.9 Å². The molecular formula is C21H22N6O2S. The Labute approximate surface area is 177 Å². The molecular weight excluding hydrogens is 400 g/mol. The molecule has 3 aromatic rings. The van der Waals surface area contributed by atoms with Crippen LogP contribution in [0.5, 0.6) is 0 Å². The maximum absolute atomic E-state index is 12.6. The molecule has 30 heavy (non-hydrogen) atoms. The van der Waals surface area contributed by atoms with Gasteiger partial charge in [-0.2, -0.15) is 0 Å². The van der Waals surface area contributed by atoms with E-state index in [1.54, 1.807) is 22.5 Å². The van der Waals surface area contributed by atoms with Crippen LogP contribution in [0.2, 0.25) is 0 Å².